The average molecular weight is 468 g/mol. The minimum atomic E-state index is -0.405. The first-order chi connectivity index (χ1) is 15.9. The zero-order valence-electron chi connectivity index (χ0n) is 18.6. The molecule has 1 aromatic heterocycles. The number of anilines is 1. The summed E-state index contributed by atoms with van der Waals surface area (Å²) in [6.45, 7) is 4.17. The maximum Gasteiger partial charge on any atom is 0.223 e. The van der Waals surface area contributed by atoms with Crippen LogP contribution in [0.25, 0.3) is 0 Å². The number of hydrogen-bond acceptors (Lipinski definition) is 5. The van der Waals surface area contributed by atoms with Crippen molar-refractivity contribution in [1.29, 1.82) is 5.26 Å². The van der Waals surface area contributed by atoms with Crippen molar-refractivity contribution in [3.8, 4) is 6.07 Å². The van der Waals surface area contributed by atoms with Crippen LogP contribution in [0.15, 0.2) is 36.5 Å². The molecule has 2 aromatic rings. The number of carbonyl (C=O) groups excluding carboxylic acids is 1. The molecule has 2 bridgehead atoms. The molecule has 33 heavy (non-hydrogen) atoms. The number of likely N-dealkylation sites (tertiary alicyclic amines) is 1. The molecular weight excluding hydrogens is 441 g/mol. The van der Waals surface area contributed by atoms with Gasteiger partial charge in [0, 0.05) is 43.8 Å². The van der Waals surface area contributed by atoms with E-state index < -0.39 is 5.82 Å². The molecule has 0 spiro atoms. The lowest BCUT2D eigenvalue weighted by atomic mass is 10.0. The van der Waals surface area contributed by atoms with E-state index in [0.717, 1.165) is 30.6 Å². The molecular formula is C25H27ClFN5O. The maximum absolute atomic E-state index is 13.9. The van der Waals surface area contributed by atoms with Crippen molar-refractivity contribution in [3.63, 3.8) is 0 Å². The molecule has 172 valence electrons. The minimum absolute atomic E-state index is 0.129. The van der Waals surface area contributed by atoms with Crippen LogP contribution in [0.4, 0.5) is 10.2 Å². The zero-order chi connectivity index (χ0) is 23.2. The Kier molecular flexibility index (Phi) is 5.75. The van der Waals surface area contributed by atoms with E-state index in [1.165, 1.54) is 6.07 Å². The summed E-state index contributed by atoms with van der Waals surface area (Å²) in [5.41, 5.74) is 1.21. The molecule has 1 saturated carbocycles. The summed E-state index contributed by atoms with van der Waals surface area (Å²) in [4.78, 5) is 21.9. The topological polar surface area (TPSA) is 72.3 Å². The van der Waals surface area contributed by atoms with Gasteiger partial charge in [-0.2, -0.15) is 5.26 Å². The molecule has 1 amide bonds. The predicted molar refractivity (Wildman–Crippen MR) is 124 cm³/mol. The number of amides is 1. The smallest absolute Gasteiger partial charge is 0.223 e. The fourth-order valence-corrected chi connectivity index (χ4v) is 5.57. The highest BCUT2D eigenvalue weighted by Gasteiger charge is 2.46. The standard InChI is InChI=1S/C25H27ClFN5O/c1-16-10-19-14-31(15-22(16)32(19)23-5-2-17(12-28)13-29-23)24(33)6-9-30-25(7-8-25)18-3-4-20(26)21(27)11-18/h2-5,11,13,16,19,22,30H,6-10,14-15H2,1H3/t16-,19?,22?/m0/s1. The third-order valence-electron chi connectivity index (χ3n) is 7.41. The van der Waals surface area contributed by atoms with Gasteiger partial charge < -0.3 is 15.1 Å². The van der Waals surface area contributed by atoms with E-state index in [1.54, 1.807) is 18.3 Å². The summed E-state index contributed by atoms with van der Waals surface area (Å²) >= 11 is 5.82. The number of fused-ring (bicyclic) bond motifs is 2. The number of halogens is 2. The molecule has 3 atom stereocenters. The first kappa shape index (κ1) is 22.1. The molecule has 5 rings (SSSR count). The molecule has 8 heteroatoms. The van der Waals surface area contributed by atoms with Crippen molar-refractivity contribution in [2.45, 2.75) is 50.2 Å². The third kappa shape index (κ3) is 4.18. The van der Waals surface area contributed by atoms with Gasteiger partial charge >= 0.3 is 0 Å². The van der Waals surface area contributed by atoms with Gasteiger partial charge in [-0.1, -0.05) is 24.6 Å². The average Bonchev–Trinajstić information content (AvgIpc) is 3.57. The molecule has 3 aliphatic rings. The first-order valence-electron chi connectivity index (χ1n) is 11.5. The van der Waals surface area contributed by atoms with E-state index in [0.29, 0.717) is 37.5 Å². The van der Waals surface area contributed by atoms with Crippen molar-refractivity contribution >= 4 is 23.3 Å². The van der Waals surface area contributed by atoms with Gasteiger partial charge in [0.25, 0.3) is 0 Å². The van der Waals surface area contributed by atoms with Gasteiger partial charge in [0.05, 0.1) is 16.6 Å². The maximum atomic E-state index is 13.9. The molecule has 1 N–H and O–H groups in total. The van der Waals surface area contributed by atoms with Crippen molar-refractivity contribution < 1.29 is 9.18 Å². The van der Waals surface area contributed by atoms with Crippen LogP contribution in [0.5, 0.6) is 0 Å². The number of rotatable bonds is 6. The number of benzene rings is 1. The summed E-state index contributed by atoms with van der Waals surface area (Å²) in [5, 5.41) is 12.7. The number of carbonyl (C=O) groups is 1. The quantitative estimate of drug-likeness (QED) is 0.698. The van der Waals surface area contributed by atoms with Gasteiger partial charge in [-0.3, -0.25) is 4.79 Å². The highest BCUT2D eigenvalue weighted by Crippen LogP contribution is 2.46. The second kappa shape index (κ2) is 8.58. The number of hydrogen-bond donors (Lipinski definition) is 1. The Bertz CT molecular complexity index is 1100. The Morgan fingerprint density at radius 1 is 1.33 bits per heavy atom. The number of nitrogens with zero attached hydrogens (tertiary/aromatic N) is 4. The van der Waals surface area contributed by atoms with E-state index in [1.807, 2.05) is 17.0 Å². The second-order valence-electron chi connectivity index (χ2n) is 9.54. The summed E-state index contributed by atoms with van der Waals surface area (Å²) in [6, 6.07) is 11.2. The lowest BCUT2D eigenvalue weighted by Crippen LogP contribution is -2.56. The van der Waals surface area contributed by atoms with E-state index in [4.69, 9.17) is 16.9 Å². The van der Waals surface area contributed by atoms with E-state index in [9.17, 15) is 9.18 Å². The number of nitriles is 1. The van der Waals surface area contributed by atoms with Crippen molar-refractivity contribution in [2.75, 3.05) is 24.5 Å². The normalized spacial score (nSPS) is 25.1. The lowest BCUT2D eigenvalue weighted by molar-refractivity contribution is -0.132. The van der Waals surface area contributed by atoms with Gasteiger partial charge in [0.2, 0.25) is 5.91 Å². The highest BCUT2D eigenvalue weighted by atomic mass is 35.5. The molecule has 1 aromatic carbocycles. The van der Waals surface area contributed by atoms with Crippen LogP contribution in [0.1, 0.15) is 43.7 Å². The second-order valence-corrected chi connectivity index (χ2v) is 9.95. The Hall–Kier alpha value is -2.69. The summed E-state index contributed by atoms with van der Waals surface area (Å²) < 4.78 is 13.9. The molecule has 3 heterocycles. The van der Waals surface area contributed by atoms with Crippen LogP contribution in [-0.2, 0) is 10.3 Å². The summed E-state index contributed by atoms with van der Waals surface area (Å²) in [7, 11) is 0. The fourth-order valence-electron chi connectivity index (χ4n) is 5.45. The molecule has 2 saturated heterocycles. The van der Waals surface area contributed by atoms with Gasteiger partial charge in [0.15, 0.2) is 0 Å². The molecule has 2 aliphatic heterocycles. The number of pyridine rings is 1. The summed E-state index contributed by atoms with van der Waals surface area (Å²) in [6.07, 6.45) is 4.92. The van der Waals surface area contributed by atoms with Crippen LogP contribution in [0.3, 0.4) is 0 Å². The number of aromatic nitrogens is 1. The number of piperazine rings is 1. The largest absolute Gasteiger partial charge is 0.347 e. The van der Waals surface area contributed by atoms with E-state index >= 15 is 0 Å². The van der Waals surface area contributed by atoms with Crippen molar-refractivity contribution in [2.24, 2.45) is 5.92 Å². The third-order valence-corrected chi connectivity index (χ3v) is 7.72. The van der Waals surface area contributed by atoms with Gasteiger partial charge in [0.1, 0.15) is 17.7 Å². The predicted octanol–water partition coefficient (Wildman–Crippen LogP) is 3.84. The molecule has 3 fully saturated rings. The van der Waals surface area contributed by atoms with Gasteiger partial charge in [-0.25, -0.2) is 9.37 Å². The van der Waals surface area contributed by atoms with Crippen LogP contribution in [-0.4, -0.2) is 47.5 Å². The van der Waals surface area contributed by atoms with E-state index in [-0.39, 0.29) is 28.6 Å². The number of nitrogens with one attached hydrogen (secondary N) is 1. The van der Waals surface area contributed by atoms with Crippen LogP contribution in [0, 0.1) is 23.1 Å². The van der Waals surface area contributed by atoms with E-state index in [2.05, 4.69) is 28.2 Å². The van der Waals surface area contributed by atoms with Crippen LogP contribution in [0.2, 0.25) is 5.02 Å². The highest BCUT2D eigenvalue weighted by molar-refractivity contribution is 6.30. The first-order valence-corrected chi connectivity index (χ1v) is 11.9. The fraction of sp³-hybridized carbons (Fsp3) is 0.480. The molecule has 6 nitrogen and oxygen atoms in total. The lowest BCUT2D eigenvalue weighted by Gasteiger charge is -2.42. The van der Waals surface area contributed by atoms with Gasteiger partial charge in [-0.15, -0.1) is 0 Å². The Morgan fingerprint density at radius 2 is 2.15 bits per heavy atom. The zero-order valence-corrected chi connectivity index (χ0v) is 19.4. The van der Waals surface area contributed by atoms with Crippen LogP contribution < -0.4 is 10.2 Å². The van der Waals surface area contributed by atoms with Gasteiger partial charge in [-0.05, 0) is 55.0 Å². The Morgan fingerprint density at radius 3 is 2.79 bits per heavy atom. The SMILES string of the molecule is C[C@H]1CC2CN(C(=O)CCNC3(c4ccc(Cl)c(F)c4)CC3)CC1N2c1ccc(C#N)cn1. The monoisotopic (exact) mass is 467 g/mol. The minimum Gasteiger partial charge on any atom is -0.347 e. The van der Waals surface area contributed by atoms with Crippen molar-refractivity contribution in [1.82, 2.24) is 15.2 Å². The Labute approximate surface area is 198 Å². The molecule has 2 unspecified atom stereocenters. The Balaban J connectivity index is 1.19. The molecule has 1 aliphatic carbocycles. The molecule has 0 radical (unpaired) electrons. The van der Waals surface area contributed by atoms with Crippen LogP contribution >= 0.6 is 11.6 Å². The van der Waals surface area contributed by atoms with Crippen molar-refractivity contribution in [3.05, 3.63) is 58.5 Å². The summed E-state index contributed by atoms with van der Waals surface area (Å²) in [5.74, 6) is 1.10.